The zero-order valence-corrected chi connectivity index (χ0v) is 8.86. The molecule has 0 N–H and O–H groups in total. The molecule has 0 amide bonds. The van der Waals surface area contributed by atoms with E-state index in [0.29, 0.717) is 11.1 Å². The second kappa shape index (κ2) is 3.68. The van der Waals surface area contributed by atoms with Crippen molar-refractivity contribution in [3.05, 3.63) is 21.8 Å². The predicted octanol–water partition coefficient (Wildman–Crippen LogP) is 3.03. The minimum atomic E-state index is -2.92. The Bertz CT molecular complexity index is 458. The number of benzene rings is 1. The number of nitrogens with zero attached hydrogens (tertiary/aromatic N) is 1. The highest BCUT2D eigenvalue weighted by Gasteiger charge is 2.13. The largest absolute Gasteiger partial charge is 0.409 e. The van der Waals surface area contributed by atoms with Gasteiger partial charge in [0.1, 0.15) is 5.52 Å². The van der Waals surface area contributed by atoms with E-state index in [0.717, 1.165) is 3.57 Å². The van der Waals surface area contributed by atoms with Crippen LogP contribution in [0.4, 0.5) is 8.78 Å². The number of oxazole rings is 1. The summed E-state index contributed by atoms with van der Waals surface area (Å²) in [5, 5.41) is 0. The summed E-state index contributed by atoms with van der Waals surface area (Å²) in [4.78, 5) is 3.78. The number of alkyl halides is 2. The topological polar surface area (TPSA) is 35.3 Å². The van der Waals surface area contributed by atoms with E-state index in [9.17, 15) is 8.78 Å². The number of ether oxygens (including phenoxy) is 1. The average molecular weight is 311 g/mol. The van der Waals surface area contributed by atoms with Crippen LogP contribution in [0.25, 0.3) is 11.1 Å². The molecule has 0 aliphatic heterocycles. The number of hydrogen-bond acceptors (Lipinski definition) is 3. The Hall–Kier alpha value is -0.920. The van der Waals surface area contributed by atoms with Crippen molar-refractivity contribution in [3.8, 4) is 6.08 Å². The first-order valence-corrected chi connectivity index (χ1v) is 4.74. The second-order valence-corrected chi connectivity index (χ2v) is 3.61. The van der Waals surface area contributed by atoms with E-state index < -0.39 is 12.7 Å². The van der Waals surface area contributed by atoms with E-state index in [-0.39, 0.29) is 0 Å². The van der Waals surface area contributed by atoms with Crippen molar-refractivity contribution < 1.29 is 17.9 Å². The van der Waals surface area contributed by atoms with Crippen LogP contribution in [0.2, 0.25) is 0 Å². The van der Waals surface area contributed by atoms with E-state index >= 15 is 0 Å². The zero-order chi connectivity index (χ0) is 10.1. The van der Waals surface area contributed by atoms with Gasteiger partial charge in [0, 0.05) is 3.57 Å². The molecule has 6 heteroatoms. The van der Waals surface area contributed by atoms with E-state index in [1.165, 1.54) is 0 Å². The maximum atomic E-state index is 11.8. The fourth-order valence-corrected chi connectivity index (χ4v) is 1.62. The molecule has 0 bridgehead atoms. The van der Waals surface area contributed by atoms with E-state index in [1.54, 1.807) is 18.2 Å². The molecule has 0 atom stereocenters. The number of para-hydroxylation sites is 1. The van der Waals surface area contributed by atoms with Crippen molar-refractivity contribution in [3.63, 3.8) is 0 Å². The van der Waals surface area contributed by atoms with Crippen LogP contribution in [-0.2, 0) is 0 Å². The Kier molecular flexibility index (Phi) is 2.53. The number of fused-ring (bicyclic) bond motifs is 1. The normalized spacial score (nSPS) is 11.1. The molecular formula is C8H4F2INO2. The first kappa shape index (κ1) is 9.63. The SMILES string of the molecule is FC(F)Oc1nc2c(I)cccc2o1. The molecule has 0 saturated heterocycles. The fraction of sp³-hybridized carbons (Fsp3) is 0.125. The molecule has 0 aliphatic rings. The standard InChI is InChI=1S/C8H4F2INO2/c9-7(10)14-8-12-6-4(11)2-1-3-5(6)13-8/h1-3,7H. The maximum absolute atomic E-state index is 11.8. The lowest BCUT2D eigenvalue weighted by atomic mass is 10.3. The van der Waals surface area contributed by atoms with Crippen molar-refractivity contribution in [2.45, 2.75) is 6.61 Å². The summed E-state index contributed by atoms with van der Waals surface area (Å²) in [6.45, 7) is -2.92. The molecule has 3 nitrogen and oxygen atoms in total. The second-order valence-electron chi connectivity index (χ2n) is 2.44. The van der Waals surface area contributed by atoms with E-state index in [2.05, 4.69) is 9.72 Å². The lowest BCUT2D eigenvalue weighted by molar-refractivity contribution is -0.0664. The van der Waals surface area contributed by atoms with Crippen LogP contribution in [0.1, 0.15) is 0 Å². The maximum Gasteiger partial charge on any atom is 0.399 e. The van der Waals surface area contributed by atoms with Crippen LogP contribution in [0.3, 0.4) is 0 Å². The van der Waals surface area contributed by atoms with Crippen LogP contribution in [0.5, 0.6) is 6.08 Å². The molecule has 14 heavy (non-hydrogen) atoms. The van der Waals surface area contributed by atoms with Gasteiger partial charge in [0.25, 0.3) is 0 Å². The Morgan fingerprint density at radius 2 is 2.21 bits per heavy atom. The summed E-state index contributed by atoms with van der Waals surface area (Å²) in [5.74, 6) is 0. The van der Waals surface area contributed by atoms with Crippen molar-refractivity contribution in [1.29, 1.82) is 0 Å². The molecule has 0 saturated carbocycles. The summed E-state index contributed by atoms with van der Waals surface area (Å²) in [7, 11) is 0. The molecule has 74 valence electrons. The van der Waals surface area contributed by atoms with Gasteiger partial charge in [0.15, 0.2) is 5.58 Å². The lowest BCUT2D eigenvalue weighted by Crippen LogP contribution is -2.01. The molecule has 1 aromatic carbocycles. The monoisotopic (exact) mass is 311 g/mol. The van der Waals surface area contributed by atoms with Crippen LogP contribution >= 0.6 is 22.6 Å². The summed E-state index contributed by atoms with van der Waals surface area (Å²) in [6, 6.07) is 5.20. The number of halogens is 3. The molecule has 2 aromatic rings. The Labute approximate surface area is 91.2 Å². The third-order valence-electron chi connectivity index (χ3n) is 1.54. The zero-order valence-electron chi connectivity index (χ0n) is 6.71. The van der Waals surface area contributed by atoms with Gasteiger partial charge >= 0.3 is 12.7 Å². The van der Waals surface area contributed by atoms with Crippen molar-refractivity contribution in [2.75, 3.05) is 0 Å². The minimum absolute atomic E-state index is 0.404. The van der Waals surface area contributed by atoms with Crippen LogP contribution in [-0.4, -0.2) is 11.6 Å². The molecule has 0 aliphatic carbocycles. The van der Waals surface area contributed by atoms with E-state index in [1.807, 2.05) is 22.6 Å². The van der Waals surface area contributed by atoms with Crippen LogP contribution in [0.15, 0.2) is 22.6 Å². The number of hydrogen-bond donors (Lipinski definition) is 0. The smallest absolute Gasteiger partial charge is 0.399 e. The highest BCUT2D eigenvalue weighted by Crippen LogP contribution is 2.25. The summed E-state index contributed by atoms with van der Waals surface area (Å²) >= 11 is 2.04. The number of rotatable bonds is 2. The Morgan fingerprint density at radius 3 is 2.86 bits per heavy atom. The minimum Gasteiger partial charge on any atom is -0.409 e. The highest BCUT2D eigenvalue weighted by atomic mass is 127. The molecule has 2 rings (SSSR count). The molecular weight excluding hydrogens is 307 g/mol. The highest BCUT2D eigenvalue weighted by molar-refractivity contribution is 14.1. The van der Waals surface area contributed by atoms with Gasteiger partial charge < -0.3 is 9.15 Å². The predicted molar refractivity (Wildman–Crippen MR) is 53.4 cm³/mol. The Morgan fingerprint density at radius 1 is 1.43 bits per heavy atom. The third kappa shape index (κ3) is 1.79. The average Bonchev–Trinajstić information content (AvgIpc) is 2.47. The van der Waals surface area contributed by atoms with E-state index in [4.69, 9.17) is 4.42 Å². The van der Waals surface area contributed by atoms with Crippen LogP contribution < -0.4 is 4.74 Å². The Balaban J connectivity index is 2.46. The number of aromatic nitrogens is 1. The van der Waals surface area contributed by atoms with Gasteiger partial charge in [-0.1, -0.05) is 6.07 Å². The molecule has 0 unspecified atom stereocenters. The molecule has 0 radical (unpaired) electrons. The van der Waals surface area contributed by atoms with Gasteiger partial charge in [-0.3, -0.25) is 0 Å². The van der Waals surface area contributed by atoms with Crippen molar-refractivity contribution >= 4 is 33.7 Å². The van der Waals surface area contributed by atoms with Gasteiger partial charge in [0.2, 0.25) is 0 Å². The first-order chi connectivity index (χ1) is 6.66. The quantitative estimate of drug-likeness (QED) is 0.800. The van der Waals surface area contributed by atoms with Gasteiger partial charge in [-0.15, -0.1) is 0 Å². The van der Waals surface area contributed by atoms with Crippen molar-refractivity contribution in [2.24, 2.45) is 0 Å². The lowest BCUT2D eigenvalue weighted by Gasteiger charge is -1.94. The summed E-state index contributed by atoms with van der Waals surface area (Å²) < 4.78 is 33.5. The fourth-order valence-electron chi connectivity index (χ4n) is 1.02. The first-order valence-electron chi connectivity index (χ1n) is 3.66. The molecule has 1 aromatic heterocycles. The molecule has 1 heterocycles. The van der Waals surface area contributed by atoms with Gasteiger partial charge in [-0.25, -0.2) is 0 Å². The molecule has 0 fully saturated rings. The van der Waals surface area contributed by atoms with Gasteiger partial charge in [-0.2, -0.15) is 13.8 Å². The summed E-state index contributed by atoms with van der Waals surface area (Å²) in [5.41, 5.74) is 0.969. The van der Waals surface area contributed by atoms with Crippen molar-refractivity contribution in [1.82, 2.24) is 4.98 Å². The van der Waals surface area contributed by atoms with Gasteiger partial charge in [0.05, 0.1) is 0 Å². The summed E-state index contributed by atoms with van der Waals surface area (Å²) in [6.07, 6.45) is -0.404. The van der Waals surface area contributed by atoms with Crippen LogP contribution in [0, 0.1) is 3.57 Å². The molecule has 0 spiro atoms. The van der Waals surface area contributed by atoms with Gasteiger partial charge in [-0.05, 0) is 34.7 Å². The third-order valence-corrected chi connectivity index (χ3v) is 2.41.